The van der Waals surface area contributed by atoms with E-state index in [0.29, 0.717) is 11.5 Å². The van der Waals surface area contributed by atoms with Crippen molar-refractivity contribution in [3.05, 3.63) is 35.4 Å². The summed E-state index contributed by atoms with van der Waals surface area (Å²) in [5, 5.41) is 11.2. The van der Waals surface area contributed by atoms with Gasteiger partial charge in [0.2, 0.25) is 0 Å². The molecule has 1 aromatic rings. The highest BCUT2D eigenvalue weighted by Gasteiger charge is 2.24. The minimum Gasteiger partial charge on any atom is -0.481 e. The number of nitrogens with one attached hydrogen (secondary N) is 1. The summed E-state index contributed by atoms with van der Waals surface area (Å²) in [6.45, 7) is 4.78. The molecular weight excluding hydrogens is 290 g/mol. The molecule has 1 saturated carbocycles. The number of amides is 1. The maximum absolute atomic E-state index is 11.9. The molecule has 0 aliphatic heterocycles. The van der Waals surface area contributed by atoms with Crippen LogP contribution in [0.2, 0.25) is 0 Å². The Morgan fingerprint density at radius 2 is 1.74 bits per heavy atom. The van der Waals surface area contributed by atoms with Crippen molar-refractivity contribution in [1.29, 1.82) is 0 Å². The van der Waals surface area contributed by atoms with Gasteiger partial charge in [-0.25, -0.2) is 0 Å². The van der Waals surface area contributed by atoms with Crippen molar-refractivity contribution in [3.63, 3.8) is 0 Å². The quantitative estimate of drug-likeness (QED) is 0.838. The molecule has 0 atom stereocenters. The lowest BCUT2D eigenvalue weighted by molar-refractivity contribution is -0.136. The van der Waals surface area contributed by atoms with E-state index in [0.717, 1.165) is 11.8 Å². The Bertz CT molecular complexity index is 528. The monoisotopic (exact) mass is 317 g/mol. The second kappa shape index (κ2) is 8.14. The Morgan fingerprint density at radius 3 is 2.26 bits per heavy atom. The van der Waals surface area contributed by atoms with E-state index >= 15 is 0 Å². The molecule has 0 unspecified atom stereocenters. The summed E-state index contributed by atoms with van der Waals surface area (Å²) in [6.07, 6.45) is 4.99. The summed E-state index contributed by atoms with van der Waals surface area (Å²) in [5.41, 5.74) is 1.91. The summed E-state index contributed by atoms with van der Waals surface area (Å²) >= 11 is 0. The molecule has 1 fully saturated rings. The molecule has 1 aliphatic rings. The van der Waals surface area contributed by atoms with Gasteiger partial charge >= 0.3 is 5.97 Å². The molecule has 23 heavy (non-hydrogen) atoms. The fourth-order valence-corrected chi connectivity index (χ4v) is 3.41. The molecule has 2 rings (SSSR count). The summed E-state index contributed by atoms with van der Waals surface area (Å²) in [4.78, 5) is 22.4. The van der Waals surface area contributed by atoms with Crippen LogP contribution in [-0.4, -0.2) is 23.5 Å². The molecule has 0 spiro atoms. The van der Waals surface area contributed by atoms with Crippen molar-refractivity contribution in [1.82, 2.24) is 5.32 Å². The molecule has 1 aliphatic carbocycles. The largest absolute Gasteiger partial charge is 0.481 e. The van der Waals surface area contributed by atoms with Crippen molar-refractivity contribution < 1.29 is 14.7 Å². The predicted octanol–water partition coefficient (Wildman–Crippen LogP) is 3.82. The fourth-order valence-electron chi connectivity index (χ4n) is 3.41. The Labute approximate surface area is 138 Å². The average Bonchev–Trinajstić information content (AvgIpc) is 2.54. The number of hydrogen-bond donors (Lipinski definition) is 2. The number of carboxylic acids is 1. The smallest absolute Gasteiger partial charge is 0.305 e. The minimum atomic E-state index is -0.905. The zero-order chi connectivity index (χ0) is 16.8. The molecule has 1 amide bonds. The van der Waals surface area contributed by atoms with Crippen LogP contribution in [0.3, 0.4) is 0 Å². The van der Waals surface area contributed by atoms with Gasteiger partial charge in [0.25, 0.3) is 5.91 Å². The van der Waals surface area contributed by atoms with Crippen molar-refractivity contribution in [2.75, 3.05) is 6.54 Å². The summed E-state index contributed by atoms with van der Waals surface area (Å²) in [6, 6.07) is 7.79. The molecule has 126 valence electrons. The van der Waals surface area contributed by atoms with E-state index in [4.69, 9.17) is 5.11 Å². The average molecular weight is 317 g/mol. The second-order valence-electron chi connectivity index (χ2n) is 6.88. The molecule has 0 saturated heterocycles. The third kappa shape index (κ3) is 5.08. The normalized spacial score (nSPS) is 21.2. The van der Waals surface area contributed by atoms with Gasteiger partial charge in [0.15, 0.2) is 0 Å². The zero-order valence-electron chi connectivity index (χ0n) is 14.0. The van der Waals surface area contributed by atoms with Gasteiger partial charge in [-0.2, -0.15) is 0 Å². The molecular formula is C19H27NO3. The molecule has 1 aromatic carbocycles. The van der Waals surface area contributed by atoms with Crippen LogP contribution in [0.4, 0.5) is 0 Å². The van der Waals surface area contributed by atoms with Crippen molar-refractivity contribution >= 4 is 11.9 Å². The first-order valence-electron chi connectivity index (χ1n) is 8.57. The lowest BCUT2D eigenvalue weighted by atomic mass is 9.75. The first kappa shape index (κ1) is 17.5. The van der Waals surface area contributed by atoms with E-state index in [2.05, 4.69) is 19.2 Å². The Morgan fingerprint density at radius 1 is 1.13 bits per heavy atom. The van der Waals surface area contributed by atoms with Gasteiger partial charge in [-0.15, -0.1) is 0 Å². The highest BCUT2D eigenvalue weighted by atomic mass is 16.4. The van der Waals surface area contributed by atoms with E-state index in [1.165, 1.54) is 31.2 Å². The number of carboxylic acid groups (broad SMARTS) is 1. The van der Waals surface area contributed by atoms with Crippen LogP contribution in [0, 0.1) is 11.8 Å². The molecule has 2 N–H and O–H groups in total. The highest BCUT2D eigenvalue weighted by Crippen LogP contribution is 2.38. The summed E-state index contributed by atoms with van der Waals surface area (Å²) in [5.74, 6) is 1.12. The van der Waals surface area contributed by atoms with Crippen LogP contribution in [0.5, 0.6) is 0 Å². The van der Waals surface area contributed by atoms with E-state index in [9.17, 15) is 9.59 Å². The minimum absolute atomic E-state index is 0.0527. The topological polar surface area (TPSA) is 66.4 Å². The zero-order valence-corrected chi connectivity index (χ0v) is 14.0. The molecule has 0 aromatic heterocycles. The van der Waals surface area contributed by atoms with Gasteiger partial charge in [-0.3, -0.25) is 9.59 Å². The first-order chi connectivity index (χ1) is 11.0. The Kier molecular flexibility index (Phi) is 6.20. The summed E-state index contributed by atoms with van der Waals surface area (Å²) in [7, 11) is 0. The third-order valence-corrected chi connectivity index (χ3v) is 4.98. The fraction of sp³-hybridized carbons (Fsp3) is 0.579. The Hall–Kier alpha value is -1.84. The maximum atomic E-state index is 11.9. The number of carbonyl (C=O) groups excluding carboxylic acids is 1. The van der Waals surface area contributed by atoms with Crippen molar-refractivity contribution in [2.24, 2.45) is 11.8 Å². The van der Waals surface area contributed by atoms with E-state index in [1.807, 2.05) is 24.3 Å². The molecule has 0 heterocycles. The number of rotatable bonds is 6. The first-order valence-corrected chi connectivity index (χ1v) is 8.57. The highest BCUT2D eigenvalue weighted by molar-refractivity contribution is 5.94. The van der Waals surface area contributed by atoms with Gasteiger partial charge in [-0.05, 0) is 61.1 Å². The third-order valence-electron chi connectivity index (χ3n) is 4.98. The number of benzene rings is 1. The van der Waals surface area contributed by atoms with E-state index < -0.39 is 5.97 Å². The lowest BCUT2D eigenvalue weighted by Gasteiger charge is -2.31. The van der Waals surface area contributed by atoms with Crippen LogP contribution < -0.4 is 5.32 Å². The molecule has 4 heteroatoms. The maximum Gasteiger partial charge on any atom is 0.305 e. The number of carbonyl (C=O) groups is 2. The van der Waals surface area contributed by atoms with Crippen LogP contribution >= 0.6 is 0 Å². The summed E-state index contributed by atoms with van der Waals surface area (Å²) < 4.78 is 0. The molecule has 0 bridgehead atoms. The van der Waals surface area contributed by atoms with Crippen molar-refractivity contribution in [2.45, 2.75) is 51.9 Å². The van der Waals surface area contributed by atoms with Gasteiger partial charge in [0.1, 0.15) is 0 Å². The number of hydrogen-bond acceptors (Lipinski definition) is 2. The van der Waals surface area contributed by atoms with Crippen LogP contribution in [0.1, 0.15) is 67.8 Å². The van der Waals surface area contributed by atoms with Crippen molar-refractivity contribution in [3.8, 4) is 0 Å². The van der Waals surface area contributed by atoms with E-state index in [1.54, 1.807) is 0 Å². The van der Waals surface area contributed by atoms with E-state index in [-0.39, 0.29) is 18.9 Å². The SMILES string of the molecule is CC(C)C1CCC(c2ccc(C(=O)NCCC(=O)O)cc2)CC1. The lowest BCUT2D eigenvalue weighted by Crippen LogP contribution is -2.26. The van der Waals surface area contributed by atoms with Crippen LogP contribution in [0.25, 0.3) is 0 Å². The van der Waals surface area contributed by atoms with Crippen LogP contribution in [0.15, 0.2) is 24.3 Å². The van der Waals surface area contributed by atoms with Gasteiger partial charge in [-0.1, -0.05) is 26.0 Å². The van der Waals surface area contributed by atoms with Crippen LogP contribution in [-0.2, 0) is 4.79 Å². The Balaban J connectivity index is 1.87. The van der Waals surface area contributed by atoms with Gasteiger partial charge < -0.3 is 10.4 Å². The number of aliphatic carboxylic acids is 1. The molecule has 4 nitrogen and oxygen atoms in total. The second-order valence-corrected chi connectivity index (χ2v) is 6.88. The predicted molar refractivity (Wildman–Crippen MR) is 90.6 cm³/mol. The molecule has 0 radical (unpaired) electrons. The van der Waals surface area contributed by atoms with Gasteiger partial charge in [0.05, 0.1) is 6.42 Å². The standard InChI is InChI=1S/C19H27NO3/c1-13(2)14-3-5-15(6-4-14)16-7-9-17(10-8-16)19(23)20-12-11-18(21)22/h7-10,13-15H,3-6,11-12H2,1-2H3,(H,20,23)(H,21,22). The van der Waals surface area contributed by atoms with Gasteiger partial charge in [0, 0.05) is 12.1 Å².